The highest BCUT2D eigenvalue weighted by atomic mass is 16.6. The van der Waals surface area contributed by atoms with Gasteiger partial charge in [0.25, 0.3) is 0 Å². The Morgan fingerprint density at radius 3 is 2.52 bits per heavy atom. The van der Waals surface area contributed by atoms with Crippen molar-refractivity contribution in [1.82, 2.24) is 4.90 Å². The van der Waals surface area contributed by atoms with E-state index in [4.69, 9.17) is 4.74 Å². The van der Waals surface area contributed by atoms with Gasteiger partial charge in [0.2, 0.25) is 0 Å². The summed E-state index contributed by atoms with van der Waals surface area (Å²) in [5, 5.41) is 0. The normalized spacial score (nSPS) is 20.3. The zero-order chi connectivity index (χ0) is 15.6. The lowest BCUT2D eigenvalue weighted by atomic mass is 9.87. The van der Waals surface area contributed by atoms with Crippen LogP contribution < -0.4 is 0 Å². The summed E-state index contributed by atoms with van der Waals surface area (Å²) in [6, 6.07) is 9.52. The average Bonchev–Trinajstić information content (AvgIpc) is 2.80. The van der Waals surface area contributed by atoms with Gasteiger partial charge in [0.15, 0.2) is 0 Å². The van der Waals surface area contributed by atoms with Gasteiger partial charge in [0, 0.05) is 17.9 Å². The van der Waals surface area contributed by atoms with Crippen LogP contribution in [0.4, 0.5) is 4.79 Å². The molecule has 0 bridgehead atoms. The van der Waals surface area contributed by atoms with Crippen LogP contribution in [0.25, 0.3) is 0 Å². The Hall–Kier alpha value is -1.84. The molecule has 0 aromatic heterocycles. The average molecular weight is 289 g/mol. The molecule has 1 heterocycles. The number of ether oxygens (including phenoxy) is 1. The minimum Gasteiger partial charge on any atom is -0.447 e. The van der Waals surface area contributed by atoms with Gasteiger partial charge in [-0.25, -0.2) is 4.79 Å². The molecule has 1 unspecified atom stereocenters. The standard InChI is InChI=1S/C17H23NO3/c1-12(10-15(19)17(2,3)4)18-14(11-21-16(18)20)13-8-6-5-7-9-13/h5-9,12,14H,10-11H2,1-4H3/t12?,14-/m0/s1. The molecule has 0 saturated carbocycles. The second-order valence-corrected chi connectivity index (χ2v) is 6.64. The van der Waals surface area contributed by atoms with Crippen molar-refractivity contribution in [2.75, 3.05) is 6.61 Å². The first-order valence-electron chi connectivity index (χ1n) is 7.34. The zero-order valence-electron chi connectivity index (χ0n) is 13.1. The Morgan fingerprint density at radius 1 is 1.33 bits per heavy atom. The van der Waals surface area contributed by atoms with Gasteiger partial charge in [-0.15, -0.1) is 0 Å². The molecule has 4 nitrogen and oxygen atoms in total. The molecule has 21 heavy (non-hydrogen) atoms. The van der Waals surface area contributed by atoms with Crippen LogP contribution in [0.2, 0.25) is 0 Å². The highest BCUT2D eigenvalue weighted by molar-refractivity contribution is 5.84. The van der Waals surface area contributed by atoms with Gasteiger partial charge in [-0.05, 0) is 12.5 Å². The van der Waals surface area contributed by atoms with Crippen molar-refractivity contribution in [2.24, 2.45) is 5.41 Å². The molecule has 1 aromatic carbocycles. The summed E-state index contributed by atoms with van der Waals surface area (Å²) < 4.78 is 5.20. The third-order valence-corrected chi connectivity index (χ3v) is 3.89. The molecule has 0 N–H and O–H groups in total. The molecule has 0 radical (unpaired) electrons. The summed E-state index contributed by atoms with van der Waals surface area (Å²) in [5.74, 6) is 0.154. The monoisotopic (exact) mass is 289 g/mol. The van der Waals surface area contributed by atoms with Crippen LogP contribution in [0.3, 0.4) is 0 Å². The van der Waals surface area contributed by atoms with E-state index in [0.29, 0.717) is 13.0 Å². The number of carbonyl (C=O) groups is 2. The molecule has 1 aliphatic rings. The van der Waals surface area contributed by atoms with E-state index in [0.717, 1.165) is 5.56 Å². The Morgan fingerprint density at radius 2 is 1.95 bits per heavy atom. The lowest BCUT2D eigenvalue weighted by Gasteiger charge is -2.29. The summed E-state index contributed by atoms with van der Waals surface area (Å²) >= 11 is 0. The number of benzene rings is 1. The van der Waals surface area contributed by atoms with E-state index in [2.05, 4.69) is 0 Å². The van der Waals surface area contributed by atoms with E-state index in [1.807, 2.05) is 58.0 Å². The number of ketones is 1. The number of Topliss-reactive ketones (excluding diaryl/α,β-unsaturated/α-hetero) is 1. The predicted molar refractivity (Wildman–Crippen MR) is 80.9 cm³/mol. The van der Waals surface area contributed by atoms with Crippen LogP contribution in [0.1, 0.15) is 45.7 Å². The second-order valence-electron chi connectivity index (χ2n) is 6.64. The maximum absolute atomic E-state index is 12.2. The topological polar surface area (TPSA) is 46.6 Å². The molecular weight excluding hydrogens is 266 g/mol. The summed E-state index contributed by atoms with van der Waals surface area (Å²) in [5.41, 5.74) is 0.651. The van der Waals surface area contributed by atoms with Crippen molar-refractivity contribution in [2.45, 2.75) is 46.2 Å². The minimum atomic E-state index is -0.389. The van der Waals surface area contributed by atoms with Gasteiger partial charge < -0.3 is 4.74 Å². The molecule has 1 saturated heterocycles. The summed E-state index contributed by atoms with van der Waals surface area (Å²) in [4.78, 5) is 25.9. The molecule has 1 aromatic rings. The van der Waals surface area contributed by atoms with E-state index in [9.17, 15) is 9.59 Å². The van der Waals surface area contributed by atoms with Crippen LogP contribution in [0.15, 0.2) is 30.3 Å². The van der Waals surface area contributed by atoms with Gasteiger partial charge in [-0.1, -0.05) is 51.1 Å². The quantitative estimate of drug-likeness (QED) is 0.851. The fourth-order valence-corrected chi connectivity index (χ4v) is 2.52. The maximum Gasteiger partial charge on any atom is 0.410 e. The molecule has 0 aliphatic carbocycles. The second kappa shape index (κ2) is 5.88. The Bertz CT molecular complexity index is 519. The Kier molecular flexibility index (Phi) is 4.35. The van der Waals surface area contributed by atoms with Crippen LogP contribution in [0.5, 0.6) is 0 Å². The lowest BCUT2D eigenvalue weighted by Crippen LogP contribution is -2.39. The lowest BCUT2D eigenvalue weighted by molar-refractivity contribution is -0.127. The summed E-state index contributed by atoms with van der Waals surface area (Å²) in [6.45, 7) is 7.96. The molecule has 2 rings (SSSR count). The molecular formula is C17H23NO3. The van der Waals surface area contributed by atoms with E-state index in [-0.39, 0.29) is 29.4 Å². The van der Waals surface area contributed by atoms with Crippen LogP contribution in [-0.4, -0.2) is 29.4 Å². The van der Waals surface area contributed by atoms with Crippen molar-refractivity contribution >= 4 is 11.9 Å². The number of hydrogen-bond acceptors (Lipinski definition) is 3. The van der Waals surface area contributed by atoms with Crippen molar-refractivity contribution in [3.8, 4) is 0 Å². The highest BCUT2D eigenvalue weighted by Gasteiger charge is 2.38. The van der Waals surface area contributed by atoms with Crippen molar-refractivity contribution < 1.29 is 14.3 Å². The SMILES string of the molecule is CC(CC(=O)C(C)(C)C)N1C(=O)OC[C@H]1c1ccccc1. The number of rotatable bonds is 4. The van der Waals surface area contributed by atoms with E-state index < -0.39 is 0 Å². The summed E-state index contributed by atoms with van der Waals surface area (Å²) in [7, 11) is 0. The van der Waals surface area contributed by atoms with Gasteiger partial charge in [0.1, 0.15) is 12.4 Å². The molecule has 1 fully saturated rings. The molecule has 0 spiro atoms. The first-order chi connectivity index (χ1) is 9.80. The molecule has 114 valence electrons. The number of hydrogen-bond donors (Lipinski definition) is 0. The molecule has 1 amide bonds. The Labute approximate surface area is 126 Å². The van der Waals surface area contributed by atoms with Gasteiger partial charge in [-0.3, -0.25) is 9.69 Å². The van der Waals surface area contributed by atoms with Gasteiger partial charge in [-0.2, -0.15) is 0 Å². The third-order valence-electron chi connectivity index (χ3n) is 3.89. The fourth-order valence-electron chi connectivity index (χ4n) is 2.52. The fraction of sp³-hybridized carbons (Fsp3) is 0.529. The first-order valence-corrected chi connectivity index (χ1v) is 7.34. The Balaban J connectivity index is 2.15. The maximum atomic E-state index is 12.2. The van der Waals surface area contributed by atoms with Crippen LogP contribution in [0, 0.1) is 5.41 Å². The smallest absolute Gasteiger partial charge is 0.410 e. The first kappa shape index (κ1) is 15.5. The molecule has 2 atom stereocenters. The molecule has 4 heteroatoms. The van der Waals surface area contributed by atoms with E-state index >= 15 is 0 Å². The number of carbonyl (C=O) groups excluding carboxylic acids is 2. The van der Waals surface area contributed by atoms with E-state index in [1.165, 1.54) is 0 Å². The van der Waals surface area contributed by atoms with E-state index in [1.54, 1.807) is 4.90 Å². The number of nitrogens with zero attached hydrogens (tertiary/aromatic N) is 1. The zero-order valence-corrected chi connectivity index (χ0v) is 13.1. The van der Waals surface area contributed by atoms with Crippen LogP contribution >= 0.6 is 0 Å². The molecule has 1 aliphatic heterocycles. The van der Waals surface area contributed by atoms with Crippen molar-refractivity contribution in [1.29, 1.82) is 0 Å². The van der Waals surface area contributed by atoms with Gasteiger partial charge >= 0.3 is 6.09 Å². The van der Waals surface area contributed by atoms with Gasteiger partial charge in [0.05, 0.1) is 6.04 Å². The third kappa shape index (κ3) is 3.43. The largest absolute Gasteiger partial charge is 0.447 e. The summed E-state index contributed by atoms with van der Waals surface area (Å²) in [6.07, 6.45) is 0.0140. The number of amides is 1. The van der Waals surface area contributed by atoms with Crippen LogP contribution in [-0.2, 0) is 9.53 Å². The van der Waals surface area contributed by atoms with Crippen molar-refractivity contribution in [3.05, 3.63) is 35.9 Å². The van der Waals surface area contributed by atoms with Crippen molar-refractivity contribution in [3.63, 3.8) is 0 Å². The predicted octanol–water partition coefficient (Wildman–Crippen LogP) is 3.57. The number of cyclic esters (lactones) is 1. The minimum absolute atomic E-state index is 0.110. The highest BCUT2D eigenvalue weighted by Crippen LogP contribution is 2.31.